The molecule has 6 nitrogen and oxygen atoms in total. The topological polar surface area (TPSA) is 79.8 Å². The molecule has 2 N–H and O–H groups in total. The first-order valence-electron chi connectivity index (χ1n) is 7.22. The number of para-hydroxylation sites is 1. The molecule has 1 aliphatic rings. The van der Waals surface area contributed by atoms with Crippen LogP contribution in [-0.4, -0.2) is 29.3 Å². The van der Waals surface area contributed by atoms with Gasteiger partial charge in [0.15, 0.2) is 10.4 Å². The van der Waals surface area contributed by atoms with Crippen molar-refractivity contribution in [2.75, 3.05) is 12.4 Å². The lowest BCUT2D eigenvalue weighted by Crippen LogP contribution is -2.33. The number of anilines is 1. The Balaban J connectivity index is 1.67. The molecule has 0 bridgehead atoms. The van der Waals surface area contributed by atoms with E-state index in [0.717, 1.165) is 17.4 Å². The van der Waals surface area contributed by atoms with E-state index in [-0.39, 0.29) is 11.8 Å². The molecule has 0 aliphatic carbocycles. The molecular weight excluding hydrogens is 326 g/mol. The van der Waals surface area contributed by atoms with Crippen molar-refractivity contribution in [3.05, 3.63) is 54.6 Å². The Morgan fingerprint density at radius 3 is 2.54 bits per heavy atom. The Morgan fingerprint density at radius 1 is 1.17 bits per heavy atom. The Morgan fingerprint density at radius 2 is 1.88 bits per heavy atom. The molecule has 2 aromatic rings. The summed E-state index contributed by atoms with van der Waals surface area (Å²) in [6.45, 7) is 0. The monoisotopic (exact) mass is 341 g/mol. The first kappa shape index (κ1) is 16.1. The van der Waals surface area contributed by atoms with Crippen LogP contribution in [0.3, 0.4) is 0 Å². The molecule has 2 aromatic carbocycles. The van der Waals surface area contributed by atoms with Crippen molar-refractivity contribution in [1.82, 2.24) is 5.32 Å². The average Bonchev–Trinajstić information content (AvgIpc) is 2.97. The van der Waals surface area contributed by atoms with E-state index in [9.17, 15) is 9.59 Å². The number of rotatable bonds is 4. The highest BCUT2D eigenvalue weighted by Crippen LogP contribution is 2.24. The molecule has 1 aliphatic heterocycles. The normalized spacial score (nSPS) is 18.3. The largest absolute Gasteiger partial charge is 0.497 e. The maximum Gasteiger partial charge on any atom is 0.249 e. The van der Waals surface area contributed by atoms with Crippen LogP contribution in [0.1, 0.15) is 0 Å². The standard InChI is InChI=1S/C17H15N3O3S/c1-23-13-9-7-12(8-10-13)18-15(21)14-16(22)20-17(24-14)19-11-5-3-2-4-6-11/h2-10,14H,1H3,(H,18,21)(H,19,20,22). The SMILES string of the molecule is COc1ccc(NC(=O)C2SC(=Nc3ccccc3)NC2=O)cc1. The number of carbonyl (C=O) groups excluding carboxylic acids is 2. The zero-order valence-corrected chi connectivity index (χ0v) is 13.7. The molecule has 122 valence electrons. The zero-order valence-electron chi connectivity index (χ0n) is 12.9. The molecule has 1 atom stereocenters. The Labute approximate surface area is 143 Å². The molecule has 2 amide bonds. The van der Waals surface area contributed by atoms with Crippen LogP contribution in [0.25, 0.3) is 0 Å². The van der Waals surface area contributed by atoms with Gasteiger partial charge in [-0.1, -0.05) is 30.0 Å². The third-order valence-corrected chi connectivity index (χ3v) is 4.36. The Bertz CT molecular complexity index is 775. The van der Waals surface area contributed by atoms with Crippen molar-refractivity contribution < 1.29 is 14.3 Å². The number of aliphatic imine (C=N–C) groups is 1. The smallest absolute Gasteiger partial charge is 0.249 e. The van der Waals surface area contributed by atoms with Crippen molar-refractivity contribution in [2.24, 2.45) is 4.99 Å². The predicted octanol–water partition coefficient (Wildman–Crippen LogP) is 2.55. The van der Waals surface area contributed by atoms with E-state index in [1.54, 1.807) is 31.4 Å². The molecule has 1 fully saturated rings. The van der Waals surface area contributed by atoms with Gasteiger partial charge in [0.05, 0.1) is 12.8 Å². The number of nitrogens with one attached hydrogen (secondary N) is 2. The average molecular weight is 341 g/mol. The minimum absolute atomic E-state index is 0.374. The van der Waals surface area contributed by atoms with Crippen LogP contribution in [0.5, 0.6) is 5.75 Å². The van der Waals surface area contributed by atoms with Crippen molar-refractivity contribution in [3.63, 3.8) is 0 Å². The quantitative estimate of drug-likeness (QED) is 0.838. The first-order valence-corrected chi connectivity index (χ1v) is 8.10. The minimum atomic E-state index is -0.866. The van der Waals surface area contributed by atoms with Gasteiger partial charge in [-0.25, -0.2) is 4.99 Å². The summed E-state index contributed by atoms with van der Waals surface area (Å²) < 4.78 is 5.06. The minimum Gasteiger partial charge on any atom is -0.497 e. The number of benzene rings is 2. The number of methoxy groups -OCH3 is 1. The summed E-state index contributed by atoms with van der Waals surface area (Å²) in [6.07, 6.45) is 0. The van der Waals surface area contributed by atoms with Crippen LogP contribution >= 0.6 is 11.8 Å². The number of hydrogen-bond donors (Lipinski definition) is 2. The highest BCUT2D eigenvalue weighted by atomic mass is 32.2. The third kappa shape index (κ3) is 3.75. The maximum absolute atomic E-state index is 12.3. The predicted molar refractivity (Wildman–Crippen MR) is 94.7 cm³/mol. The van der Waals surface area contributed by atoms with Crippen LogP contribution in [0.2, 0.25) is 0 Å². The van der Waals surface area contributed by atoms with Crippen molar-refractivity contribution in [1.29, 1.82) is 0 Å². The van der Waals surface area contributed by atoms with E-state index in [4.69, 9.17) is 4.74 Å². The molecule has 3 rings (SSSR count). The fraction of sp³-hybridized carbons (Fsp3) is 0.118. The lowest BCUT2D eigenvalue weighted by molar-refractivity contribution is -0.124. The van der Waals surface area contributed by atoms with E-state index in [2.05, 4.69) is 15.6 Å². The van der Waals surface area contributed by atoms with Gasteiger partial charge in [0, 0.05) is 5.69 Å². The van der Waals surface area contributed by atoms with Crippen molar-refractivity contribution >= 4 is 40.1 Å². The fourth-order valence-electron chi connectivity index (χ4n) is 2.09. The van der Waals surface area contributed by atoms with Crippen LogP contribution in [0.4, 0.5) is 11.4 Å². The van der Waals surface area contributed by atoms with Gasteiger partial charge in [-0.15, -0.1) is 0 Å². The summed E-state index contributed by atoms with van der Waals surface area (Å²) in [5, 5.41) is 4.90. The molecule has 24 heavy (non-hydrogen) atoms. The first-order chi connectivity index (χ1) is 11.7. The van der Waals surface area contributed by atoms with Gasteiger partial charge in [-0.2, -0.15) is 0 Å². The van der Waals surface area contributed by atoms with Crippen molar-refractivity contribution in [3.8, 4) is 5.75 Å². The zero-order chi connectivity index (χ0) is 16.9. The highest BCUT2D eigenvalue weighted by Gasteiger charge is 2.36. The number of thioether (sulfide) groups is 1. The lowest BCUT2D eigenvalue weighted by atomic mass is 10.3. The van der Waals surface area contributed by atoms with E-state index in [1.165, 1.54) is 0 Å². The number of amidine groups is 1. The Hall–Kier alpha value is -2.80. The fourth-order valence-corrected chi connectivity index (χ4v) is 2.97. The molecule has 0 aromatic heterocycles. The third-order valence-electron chi connectivity index (χ3n) is 3.28. The van der Waals surface area contributed by atoms with Gasteiger partial charge in [0.2, 0.25) is 11.8 Å². The molecule has 1 unspecified atom stereocenters. The second-order valence-corrected chi connectivity index (χ2v) is 6.05. The number of ether oxygens (including phenoxy) is 1. The second-order valence-electron chi connectivity index (χ2n) is 4.96. The number of nitrogens with zero attached hydrogens (tertiary/aromatic N) is 1. The van der Waals surface area contributed by atoms with Gasteiger partial charge in [0.1, 0.15) is 5.75 Å². The summed E-state index contributed by atoms with van der Waals surface area (Å²) in [5.74, 6) is -0.0696. The highest BCUT2D eigenvalue weighted by molar-refractivity contribution is 8.16. The molecule has 0 radical (unpaired) electrons. The number of amides is 2. The van der Waals surface area contributed by atoms with E-state index >= 15 is 0 Å². The molecule has 0 spiro atoms. The van der Waals surface area contributed by atoms with Crippen LogP contribution in [-0.2, 0) is 9.59 Å². The number of carbonyl (C=O) groups is 2. The summed E-state index contributed by atoms with van der Waals surface area (Å²) >= 11 is 1.10. The van der Waals surface area contributed by atoms with E-state index in [0.29, 0.717) is 16.6 Å². The van der Waals surface area contributed by atoms with E-state index < -0.39 is 5.25 Å². The van der Waals surface area contributed by atoms with Gasteiger partial charge in [-0.05, 0) is 36.4 Å². The summed E-state index contributed by atoms with van der Waals surface area (Å²) in [4.78, 5) is 28.6. The number of hydrogen-bond acceptors (Lipinski definition) is 5. The lowest BCUT2D eigenvalue weighted by Gasteiger charge is -2.08. The maximum atomic E-state index is 12.3. The molecular formula is C17H15N3O3S. The molecule has 1 saturated heterocycles. The van der Waals surface area contributed by atoms with Gasteiger partial charge in [0.25, 0.3) is 0 Å². The van der Waals surface area contributed by atoms with Gasteiger partial charge < -0.3 is 15.4 Å². The molecule has 0 saturated carbocycles. The Kier molecular flexibility index (Phi) is 4.81. The summed E-state index contributed by atoms with van der Waals surface area (Å²) in [6, 6.07) is 16.1. The van der Waals surface area contributed by atoms with E-state index in [1.807, 2.05) is 30.3 Å². The summed E-state index contributed by atoms with van der Waals surface area (Å²) in [7, 11) is 1.57. The van der Waals surface area contributed by atoms with Crippen molar-refractivity contribution in [2.45, 2.75) is 5.25 Å². The van der Waals surface area contributed by atoms with Gasteiger partial charge in [-0.3, -0.25) is 9.59 Å². The second kappa shape index (κ2) is 7.18. The van der Waals surface area contributed by atoms with Crippen LogP contribution < -0.4 is 15.4 Å². The molecule has 1 heterocycles. The van der Waals surface area contributed by atoms with Crippen LogP contribution in [0.15, 0.2) is 59.6 Å². The van der Waals surface area contributed by atoms with Crippen LogP contribution in [0, 0.1) is 0 Å². The van der Waals surface area contributed by atoms with Gasteiger partial charge >= 0.3 is 0 Å². The molecule has 7 heteroatoms. The summed E-state index contributed by atoms with van der Waals surface area (Å²) in [5.41, 5.74) is 1.32.